The summed E-state index contributed by atoms with van der Waals surface area (Å²) in [6, 6.07) is 12.6. The monoisotopic (exact) mass is 326 g/mol. The van der Waals surface area contributed by atoms with E-state index in [4.69, 9.17) is 10.5 Å². The lowest BCUT2D eigenvalue weighted by Gasteiger charge is -2.09. The number of hydrogen-bond acceptors (Lipinski definition) is 4. The number of anilines is 1. The molecule has 3 aromatic rings. The summed E-state index contributed by atoms with van der Waals surface area (Å²) in [5, 5.41) is 0.0323. The number of nitrogens with zero attached hydrogens (tertiary/aromatic N) is 1. The summed E-state index contributed by atoms with van der Waals surface area (Å²) < 4.78 is 20.2. The van der Waals surface area contributed by atoms with E-state index >= 15 is 0 Å². The second-order valence-corrected chi connectivity index (χ2v) is 5.13. The van der Waals surface area contributed by atoms with E-state index in [1.807, 2.05) is 0 Å². The van der Waals surface area contributed by atoms with Crippen LogP contribution in [-0.2, 0) is 4.74 Å². The number of carbonyl (C=O) groups excluding carboxylic acids is 2. The topological polar surface area (TPSA) is 74.3 Å². The number of nitrogens with two attached hydrogens (primary N) is 1. The van der Waals surface area contributed by atoms with E-state index in [2.05, 4.69) is 0 Å². The Morgan fingerprint density at radius 3 is 2.50 bits per heavy atom. The lowest BCUT2D eigenvalue weighted by atomic mass is 10.1. The van der Waals surface area contributed by atoms with Gasteiger partial charge >= 0.3 is 6.09 Å². The number of aromatic nitrogens is 1. The lowest BCUT2D eigenvalue weighted by molar-refractivity contribution is 0.102. The lowest BCUT2D eigenvalue weighted by Crippen LogP contribution is -2.20. The first kappa shape index (κ1) is 15.7. The van der Waals surface area contributed by atoms with Crippen molar-refractivity contribution in [3.63, 3.8) is 0 Å². The van der Waals surface area contributed by atoms with Gasteiger partial charge in [-0.25, -0.2) is 13.8 Å². The normalized spacial score (nSPS) is 10.8. The molecule has 0 bridgehead atoms. The van der Waals surface area contributed by atoms with Crippen LogP contribution in [0.2, 0.25) is 0 Å². The van der Waals surface area contributed by atoms with Crippen LogP contribution in [-0.4, -0.2) is 23.1 Å². The van der Waals surface area contributed by atoms with Crippen LogP contribution >= 0.6 is 0 Å². The molecule has 2 N–H and O–H groups in total. The third-order valence-electron chi connectivity index (χ3n) is 3.68. The van der Waals surface area contributed by atoms with Crippen LogP contribution < -0.4 is 5.73 Å². The fraction of sp³-hybridized carbons (Fsp3) is 0.111. The van der Waals surface area contributed by atoms with Crippen LogP contribution in [0.1, 0.15) is 23.0 Å². The van der Waals surface area contributed by atoms with E-state index in [1.165, 1.54) is 18.2 Å². The summed E-state index contributed by atoms with van der Waals surface area (Å²) in [5.74, 6) is -1.08. The quantitative estimate of drug-likeness (QED) is 0.746. The summed E-state index contributed by atoms with van der Waals surface area (Å²) in [6.07, 6.45) is -0.774. The second kappa shape index (κ2) is 6.16. The minimum absolute atomic E-state index is 0.0323. The SMILES string of the molecule is CCOC(=O)n1c(C(=O)c2ccccc2)c(N)c2c(F)cccc21. The van der Waals surface area contributed by atoms with E-state index in [0.29, 0.717) is 5.56 Å². The van der Waals surface area contributed by atoms with Crippen molar-refractivity contribution in [2.24, 2.45) is 0 Å². The van der Waals surface area contributed by atoms with Crippen LogP contribution in [0.15, 0.2) is 48.5 Å². The molecule has 0 aliphatic carbocycles. The number of rotatable bonds is 3. The van der Waals surface area contributed by atoms with Gasteiger partial charge in [0.1, 0.15) is 11.5 Å². The third kappa shape index (κ3) is 2.42. The Hall–Kier alpha value is -3.15. The van der Waals surface area contributed by atoms with E-state index in [-0.39, 0.29) is 28.9 Å². The maximum Gasteiger partial charge on any atom is 0.419 e. The largest absolute Gasteiger partial charge is 0.449 e. The number of carbonyl (C=O) groups is 2. The van der Waals surface area contributed by atoms with E-state index < -0.39 is 17.7 Å². The summed E-state index contributed by atoms with van der Waals surface area (Å²) >= 11 is 0. The van der Waals surface area contributed by atoms with Crippen molar-refractivity contribution in [1.82, 2.24) is 4.57 Å². The molecule has 3 rings (SSSR count). The number of nitrogen functional groups attached to an aromatic ring is 1. The molecule has 0 radical (unpaired) electrons. The molecule has 0 spiro atoms. The molecule has 24 heavy (non-hydrogen) atoms. The molecule has 2 aromatic carbocycles. The highest BCUT2D eigenvalue weighted by atomic mass is 19.1. The van der Waals surface area contributed by atoms with Gasteiger partial charge < -0.3 is 10.5 Å². The molecule has 122 valence electrons. The van der Waals surface area contributed by atoms with E-state index in [9.17, 15) is 14.0 Å². The molecule has 0 amide bonds. The first-order valence-corrected chi connectivity index (χ1v) is 7.41. The van der Waals surface area contributed by atoms with Crippen molar-refractivity contribution < 1.29 is 18.7 Å². The standard InChI is InChI=1S/C18H15FN2O3/c1-2-24-18(23)21-13-10-6-9-12(19)14(13)15(20)16(21)17(22)11-7-4-3-5-8-11/h3-10H,2,20H2,1H3. The van der Waals surface area contributed by atoms with Crippen molar-refractivity contribution in [2.45, 2.75) is 6.92 Å². The maximum atomic E-state index is 14.2. The van der Waals surface area contributed by atoms with Crippen molar-refractivity contribution in [1.29, 1.82) is 0 Å². The summed E-state index contributed by atoms with van der Waals surface area (Å²) in [6.45, 7) is 1.76. The third-order valence-corrected chi connectivity index (χ3v) is 3.68. The fourth-order valence-electron chi connectivity index (χ4n) is 2.65. The number of hydrogen-bond donors (Lipinski definition) is 1. The van der Waals surface area contributed by atoms with Gasteiger partial charge in [0.2, 0.25) is 5.78 Å². The highest BCUT2D eigenvalue weighted by molar-refractivity contribution is 6.18. The Balaban J connectivity index is 2.32. The minimum Gasteiger partial charge on any atom is -0.449 e. The van der Waals surface area contributed by atoms with Crippen LogP contribution in [0, 0.1) is 5.82 Å². The zero-order valence-corrected chi connectivity index (χ0v) is 13.0. The average Bonchev–Trinajstić information content (AvgIpc) is 2.89. The molecule has 5 nitrogen and oxygen atoms in total. The van der Waals surface area contributed by atoms with Gasteiger partial charge in [0.25, 0.3) is 0 Å². The Kier molecular flexibility index (Phi) is 4.04. The summed E-state index contributed by atoms with van der Waals surface area (Å²) in [5.41, 5.74) is 6.39. The van der Waals surface area contributed by atoms with Gasteiger partial charge in [-0.2, -0.15) is 0 Å². The fourth-order valence-corrected chi connectivity index (χ4v) is 2.65. The van der Waals surface area contributed by atoms with Crippen molar-refractivity contribution in [2.75, 3.05) is 12.3 Å². The zero-order valence-electron chi connectivity index (χ0n) is 13.0. The van der Waals surface area contributed by atoms with Crippen LogP contribution in [0.25, 0.3) is 10.9 Å². The highest BCUT2D eigenvalue weighted by Gasteiger charge is 2.27. The molecule has 1 aromatic heterocycles. The van der Waals surface area contributed by atoms with Gasteiger partial charge in [0.05, 0.1) is 23.2 Å². The molecule has 0 atom stereocenters. The molecule has 0 saturated heterocycles. The van der Waals surface area contributed by atoms with Gasteiger partial charge in [0, 0.05) is 5.56 Å². The molecule has 0 aliphatic rings. The van der Waals surface area contributed by atoms with Gasteiger partial charge in [-0.1, -0.05) is 36.4 Å². The molecular weight excluding hydrogens is 311 g/mol. The van der Waals surface area contributed by atoms with E-state index in [0.717, 1.165) is 4.57 Å². The van der Waals surface area contributed by atoms with Crippen LogP contribution in [0.5, 0.6) is 0 Å². The van der Waals surface area contributed by atoms with Gasteiger partial charge in [-0.15, -0.1) is 0 Å². The summed E-state index contributed by atoms with van der Waals surface area (Å²) in [4.78, 5) is 25.2. The number of ether oxygens (including phenoxy) is 1. The van der Waals surface area contributed by atoms with E-state index in [1.54, 1.807) is 37.3 Å². The first-order chi connectivity index (χ1) is 11.6. The van der Waals surface area contributed by atoms with Crippen molar-refractivity contribution in [3.8, 4) is 0 Å². The minimum atomic E-state index is -0.774. The van der Waals surface area contributed by atoms with Crippen LogP contribution in [0.3, 0.4) is 0 Å². The predicted molar refractivity (Wildman–Crippen MR) is 88.6 cm³/mol. The predicted octanol–water partition coefficient (Wildman–Crippen LogP) is 3.60. The Labute approximate surface area is 137 Å². The smallest absolute Gasteiger partial charge is 0.419 e. The second-order valence-electron chi connectivity index (χ2n) is 5.13. The molecule has 1 heterocycles. The van der Waals surface area contributed by atoms with Gasteiger partial charge in [-0.05, 0) is 19.1 Å². The summed E-state index contributed by atoms with van der Waals surface area (Å²) in [7, 11) is 0. The number of ketones is 1. The van der Waals surface area contributed by atoms with Gasteiger partial charge in [-0.3, -0.25) is 4.79 Å². The number of benzene rings is 2. The average molecular weight is 326 g/mol. The molecule has 0 aliphatic heterocycles. The molecule has 0 saturated carbocycles. The number of fused-ring (bicyclic) bond motifs is 1. The Morgan fingerprint density at radius 2 is 1.83 bits per heavy atom. The van der Waals surface area contributed by atoms with Gasteiger partial charge in [0.15, 0.2) is 0 Å². The first-order valence-electron chi connectivity index (χ1n) is 7.41. The highest BCUT2D eigenvalue weighted by Crippen LogP contribution is 2.32. The molecule has 0 fully saturated rings. The Bertz CT molecular complexity index is 932. The number of halogens is 1. The Morgan fingerprint density at radius 1 is 1.12 bits per heavy atom. The van der Waals surface area contributed by atoms with Crippen LogP contribution in [0.4, 0.5) is 14.9 Å². The van der Waals surface area contributed by atoms with Crippen molar-refractivity contribution >= 4 is 28.5 Å². The molecule has 6 heteroatoms. The zero-order chi connectivity index (χ0) is 17.3. The maximum absolute atomic E-state index is 14.2. The van der Waals surface area contributed by atoms with Crippen molar-refractivity contribution in [3.05, 3.63) is 65.6 Å². The molecule has 0 unspecified atom stereocenters. The molecular formula is C18H15FN2O3.